The normalized spacial score (nSPS) is 14.1. The van der Waals surface area contributed by atoms with Crippen LogP contribution in [0.4, 0.5) is 17.6 Å². The van der Waals surface area contributed by atoms with Crippen molar-refractivity contribution in [3.8, 4) is 0 Å². The van der Waals surface area contributed by atoms with E-state index >= 15 is 0 Å². The van der Waals surface area contributed by atoms with Crippen LogP contribution in [0.1, 0.15) is 13.3 Å². The van der Waals surface area contributed by atoms with Gasteiger partial charge in [-0.2, -0.15) is 17.6 Å². The molecule has 0 radical (unpaired) electrons. The zero-order valence-electron chi connectivity index (χ0n) is 13.4. The number of hydrogen-bond donors (Lipinski definition) is 2. The third kappa shape index (κ3) is 13.8. The van der Waals surface area contributed by atoms with Crippen molar-refractivity contribution in [1.29, 1.82) is 0 Å². The van der Waals surface area contributed by atoms with Crippen molar-refractivity contribution in [3.63, 3.8) is 0 Å². The summed E-state index contributed by atoms with van der Waals surface area (Å²) in [6, 6.07) is 0. The number of alkyl halides is 4. The van der Waals surface area contributed by atoms with Gasteiger partial charge in [0.2, 0.25) is 0 Å². The lowest BCUT2D eigenvalue weighted by Gasteiger charge is -2.23. The summed E-state index contributed by atoms with van der Waals surface area (Å²) in [7, 11) is 0. The quantitative estimate of drug-likeness (QED) is 0.239. The molecule has 1 atom stereocenters. The van der Waals surface area contributed by atoms with Crippen LogP contribution in [0, 0.1) is 0 Å². The molecular formula is C13H24F4O7. The summed E-state index contributed by atoms with van der Waals surface area (Å²) in [5.74, 6) is 0. The summed E-state index contributed by atoms with van der Waals surface area (Å²) in [6.45, 7) is -2.15. The molecule has 0 amide bonds. The predicted octanol–water partition coefficient (Wildman–Crippen LogP) is 0.976. The lowest BCUT2D eigenvalue weighted by atomic mass is 10.4. The first-order chi connectivity index (χ1) is 11.2. The van der Waals surface area contributed by atoms with Crippen molar-refractivity contribution in [2.45, 2.75) is 31.7 Å². The molecule has 0 aliphatic rings. The van der Waals surface area contributed by atoms with Gasteiger partial charge in [0, 0.05) is 6.61 Å². The van der Waals surface area contributed by atoms with E-state index in [1.54, 1.807) is 6.92 Å². The molecule has 0 aromatic rings. The van der Waals surface area contributed by atoms with E-state index in [0.717, 1.165) is 0 Å². The third-order valence-corrected chi connectivity index (χ3v) is 2.25. The smallest absolute Gasteiger partial charge is 0.383 e. The third-order valence-electron chi connectivity index (χ3n) is 2.25. The van der Waals surface area contributed by atoms with Gasteiger partial charge in [-0.1, -0.05) is 6.92 Å². The van der Waals surface area contributed by atoms with E-state index in [1.165, 1.54) is 0 Å². The minimum Gasteiger partial charge on any atom is -0.394 e. The molecule has 0 aliphatic heterocycles. The first-order valence-corrected chi connectivity index (χ1v) is 7.28. The maximum atomic E-state index is 13.2. The van der Waals surface area contributed by atoms with Gasteiger partial charge in [-0.15, -0.1) is 0 Å². The highest BCUT2D eigenvalue weighted by atomic mass is 19.3. The monoisotopic (exact) mass is 368 g/mol. The Labute approximate surface area is 137 Å². The molecule has 0 saturated carbocycles. The fourth-order valence-corrected chi connectivity index (χ4v) is 1.28. The molecule has 0 rings (SSSR count). The zero-order chi connectivity index (χ0) is 18.5. The Balaban J connectivity index is 3.73. The number of halogens is 4. The van der Waals surface area contributed by atoms with Crippen molar-refractivity contribution in [2.24, 2.45) is 0 Å². The van der Waals surface area contributed by atoms with Gasteiger partial charge < -0.3 is 29.2 Å². The van der Waals surface area contributed by atoms with Crippen LogP contribution in [0.15, 0.2) is 0 Å². The number of ether oxygens (including phenoxy) is 5. The first-order valence-electron chi connectivity index (χ1n) is 7.28. The lowest BCUT2D eigenvalue weighted by molar-refractivity contribution is -0.395. The molecule has 0 saturated heterocycles. The molecule has 0 aromatic carbocycles. The van der Waals surface area contributed by atoms with Crippen molar-refractivity contribution in [3.05, 3.63) is 0 Å². The second-order valence-electron chi connectivity index (χ2n) is 4.72. The number of hydrogen-bond acceptors (Lipinski definition) is 7. The standard InChI is InChI=1S/C13H24F4O7/c1-2-3-21-8-12(14,15)24-13(16,17)9-23-10-22-5-4-20-7-11(19)6-18/h11,18-19H,2-10H2,1H3. The second kappa shape index (κ2) is 12.8. The Morgan fingerprint density at radius 2 is 1.46 bits per heavy atom. The van der Waals surface area contributed by atoms with Gasteiger partial charge in [0.05, 0.1) is 26.4 Å². The predicted molar refractivity (Wildman–Crippen MR) is 72.8 cm³/mol. The Hall–Kier alpha value is -0.560. The van der Waals surface area contributed by atoms with Gasteiger partial charge in [0.25, 0.3) is 0 Å². The molecule has 0 aromatic heterocycles. The first kappa shape index (κ1) is 23.4. The van der Waals surface area contributed by atoms with Crippen LogP contribution < -0.4 is 0 Å². The van der Waals surface area contributed by atoms with E-state index in [4.69, 9.17) is 19.7 Å². The van der Waals surface area contributed by atoms with Crippen molar-refractivity contribution < 1.29 is 51.5 Å². The number of aliphatic hydroxyl groups is 2. The maximum Gasteiger partial charge on any atom is 0.383 e. The Bertz CT molecular complexity index is 308. The molecule has 7 nitrogen and oxygen atoms in total. The van der Waals surface area contributed by atoms with Gasteiger partial charge in [0.15, 0.2) is 0 Å². The summed E-state index contributed by atoms with van der Waals surface area (Å²) < 4.78 is 74.4. The van der Waals surface area contributed by atoms with Crippen LogP contribution in [-0.4, -0.2) is 81.6 Å². The van der Waals surface area contributed by atoms with Crippen LogP contribution in [0.2, 0.25) is 0 Å². The molecule has 11 heteroatoms. The topological polar surface area (TPSA) is 86.6 Å². The van der Waals surface area contributed by atoms with E-state index in [1.807, 2.05) is 0 Å². The maximum absolute atomic E-state index is 13.2. The van der Waals surface area contributed by atoms with Crippen molar-refractivity contribution in [2.75, 3.05) is 53.0 Å². The highest BCUT2D eigenvalue weighted by Crippen LogP contribution is 2.27. The number of rotatable bonds is 16. The van der Waals surface area contributed by atoms with Crippen molar-refractivity contribution in [1.82, 2.24) is 0 Å². The van der Waals surface area contributed by atoms with E-state index in [0.29, 0.717) is 6.42 Å². The Morgan fingerprint density at radius 1 is 0.875 bits per heavy atom. The molecule has 24 heavy (non-hydrogen) atoms. The SMILES string of the molecule is CCCOCC(F)(F)OC(F)(F)COCOCCOCC(O)CO. The lowest BCUT2D eigenvalue weighted by Crippen LogP contribution is -2.39. The fourth-order valence-electron chi connectivity index (χ4n) is 1.28. The van der Waals surface area contributed by atoms with Crippen LogP contribution >= 0.6 is 0 Å². The highest BCUT2D eigenvalue weighted by molar-refractivity contribution is 4.58. The molecule has 0 fully saturated rings. The summed E-state index contributed by atoms with van der Waals surface area (Å²) in [6.07, 6.45) is -8.88. The Kier molecular flexibility index (Phi) is 12.5. The molecule has 0 bridgehead atoms. The van der Waals surface area contributed by atoms with E-state index in [-0.39, 0.29) is 26.4 Å². The molecule has 0 heterocycles. The van der Waals surface area contributed by atoms with Crippen LogP contribution in [0.25, 0.3) is 0 Å². The second-order valence-corrected chi connectivity index (χ2v) is 4.72. The van der Waals surface area contributed by atoms with Gasteiger partial charge in [0.1, 0.15) is 26.1 Å². The van der Waals surface area contributed by atoms with E-state index in [2.05, 4.69) is 14.2 Å². The molecule has 0 aliphatic carbocycles. The molecule has 146 valence electrons. The molecular weight excluding hydrogens is 344 g/mol. The zero-order valence-corrected chi connectivity index (χ0v) is 13.4. The van der Waals surface area contributed by atoms with Crippen LogP contribution in [0.3, 0.4) is 0 Å². The van der Waals surface area contributed by atoms with Gasteiger partial charge in [-0.05, 0) is 6.42 Å². The minimum absolute atomic E-state index is 0.00622. The highest BCUT2D eigenvalue weighted by Gasteiger charge is 2.44. The van der Waals surface area contributed by atoms with Crippen LogP contribution in [0.5, 0.6) is 0 Å². The molecule has 2 N–H and O–H groups in total. The van der Waals surface area contributed by atoms with Gasteiger partial charge in [-0.3, -0.25) is 4.74 Å². The Morgan fingerprint density at radius 3 is 2.04 bits per heavy atom. The summed E-state index contributed by atoms with van der Waals surface area (Å²) in [4.78, 5) is 0. The summed E-state index contributed by atoms with van der Waals surface area (Å²) in [5, 5.41) is 17.4. The average molecular weight is 368 g/mol. The van der Waals surface area contributed by atoms with E-state index in [9.17, 15) is 17.6 Å². The number of aliphatic hydroxyl groups excluding tert-OH is 2. The van der Waals surface area contributed by atoms with Gasteiger partial charge >= 0.3 is 12.2 Å². The summed E-state index contributed by atoms with van der Waals surface area (Å²) >= 11 is 0. The van der Waals surface area contributed by atoms with Crippen molar-refractivity contribution >= 4 is 0 Å². The fraction of sp³-hybridized carbons (Fsp3) is 1.00. The summed E-state index contributed by atoms with van der Waals surface area (Å²) in [5.41, 5.74) is 0. The largest absolute Gasteiger partial charge is 0.394 e. The minimum atomic E-state index is -4.20. The van der Waals surface area contributed by atoms with Crippen LogP contribution in [-0.2, 0) is 23.7 Å². The van der Waals surface area contributed by atoms with Gasteiger partial charge in [-0.25, -0.2) is 0 Å². The van der Waals surface area contributed by atoms with E-state index < -0.39 is 44.9 Å². The molecule has 0 spiro atoms. The molecule has 1 unspecified atom stereocenters. The average Bonchev–Trinajstić information content (AvgIpc) is 2.48.